The van der Waals surface area contributed by atoms with Gasteiger partial charge in [0.1, 0.15) is 0 Å². The Morgan fingerprint density at radius 3 is 2.77 bits per heavy atom. The van der Waals surface area contributed by atoms with Gasteiger partial charge in [0.25, 0.3) is 0 Å². The summed E-state index contributed by atoms with van der Waals surface area (Å²) in [6.07, 6.45) is 3.87. The predicted octanol–water partition coefficient (Wildman–Crippen LogP) is 2.98. The summed E-state index contributed by atoms with van der Waals surface area (Å²) in [6, 6.07) is 8.36. The standard InChI is InChI=1S/C18H29N3O/c1-3-21(4-2)13-14-7-5-10-17(11-14)20-18(22)15-8-6-9-16(19)12-15/h5,7,10-11,15-16H,3-4,6,8-9,12-13,19H2,1-2H3,(H,20,22). The van der Waals surface area contributed by atoms with E-state index in [4.69, 9.17) is 5.73 Å². The zero-order valence-electron chi connectivity index (χ0n) is 13.8. The van der Waals surface area contributed by atoms with E-state index in [-0.39, 0.29) is 17.9 Å². The van der Waals surface area contributed by atoms with Gasteiger partial charge in [-0.25, -0.2) is 0 Å². The molecule has 0 aromatic heterocycles. The highest BCUT2D eigenvalue weighted by atomic mass is 16.1. The monoisotopic (exact) mass is 303 g/mol. The second-order valence-corrected chi connectivity index (χ2v) is 6.27. The van der Waals surface area contributed by atoms with Gasteiger partial charge in [-0.15, -0.1) is 0 Å². The number of carbonyl (C=O) groups excluding carboxylic acids is 1. The zero-order valence-corrected chi connectivity index (χ0v) is 13.8. The van der Waals surface area contributed by atoms with Crippen molar-refractivity contribution in [1.82, 2.24) is 4.90 Å². The molecule has 1 aromatic carbocycles. The van der Waals surface area contributed by atoms with Gasteiger partial charge in [-0.2, -0.15) is 0 Å². The number of rotatable bonds is 6. The van der Waals surface area contributed by atoms with Crippen LogP contribution in [0.3, 0.4) is 0 Å². The lowest BCUT2D eigenvalue weighted by Crippen LogP contribution is -2.34. The summed E-state index contributed by atoms with van der Waals surface area (Å²) in [7, 11) is 0. The third-order valence-corrected chi connectivity index (χ3v) is 4.58. The number of hydrogen-bond donors (Lipinski definition) is 2. The van der Waals surface area contributed by atoms with E-state index in [9.17, 15) is 4.79 Å². The smallest absolute Gasteiger partial charge is 0.227 e. The Bertz CT molecular complexity index is 485. The third kappa shape index (κ3) is 4.82. The molecule has 0 spiro atoms. The van der Waals surface area contributed by atoms with Gasteiger partial charge in [0.15, 0.2) is 0 Å². The molecule has 2 unspecified atom stereocenters. The summed E-state index contributed by atoms with van der Waals surface area (Å²) in [5, 5.41) is 3.07. The molecule has 4 nitrogen and oxygen atoms in total. The van der Waals surface area contributed by atoms with Crippen molar-refractivity contribution in [3.63, 3.8) is 0 Å². The van der Waals surface area contributed by atoms with Crippen LogP contribution in [0.25, 0.3) is 0 Å². The Hall–Kier alpha value is -1.39. The first-order valence-corrected chi connectivity index (χ1v) is 8.50. The largest absolute Gasteiger partial charge is 0.328 e. The molecule has 2 atom stereocenters. The van der Waals surface area contributed by atoms with Crippen molar-refractivity contribution in [3.05, 3.63) is 29.8 Å². The zero-order chi connectivity index (χ0) is 15.9. The minimum Gasteiger partial charge on any atom is -0.328 e. The van der Waals surface area contributed by atoms with Gasteiger partial charge in [0.05, 0.1) is 0 Å². The summed E-state index contributed by atoms with van der Waals surface area (Å²) in [5.74, 6) is 0.185. The van der Waals surface area contributed by atoms with Crippen molar-refractivity contribution < 1.29 is 4.79 Å². The number of benzene rings is 1. The van der Waals surface area contributed by atoms with Crippen LogP contribution >= 0.6 is 0 Å². The Morgan fingerprint density at radius 1 is 1.32 bits per heavy atom. The van der Waals surface area contributed by atoms with Gasteiger partial charge in [-0.3, -0.25) is 9.69 Å². The van der Waals surface area contributed by atoms with Crippen molar-refractivity contribution in [2.45, 2.75) is 52.1 Å². The van der Waals surface area contributed by atoms with E-state index >= 15 is 0 Å². The summed E-state index contributed by atoms with van der Waals surface area (Å²) in [5.41, 5.74) is 8.12. The van der Waals surface area contributed by atoms with E-state index in [0.717, 1.165) is 51.0 Å². The lowest BCUT2D eigenvalue weighted by molar-refractivity contribution is -0.120. The van der Waals surface area contributed by atoms with Gasteiger partial charge in [-0.1, -0.05) is 32.4 Å². The molecule has 4 heteroatoms. The van der Waals surface area contributed by atoms with Crippen LogP contribution in [-0.2, 0) is 11.3 Å². The molecule has 2 rings (SSSR count). The predicted molar refractivity (Wildman–Crippen MR) is 91.6 cm³/mol. The first-order chi connectivity index (χ1) is 10.6. The van der Waals surface area contributed by atoms with Gasteiger partial charge >= 0.3 is 0 Å². The molecule has 0 saturated heterocycles. The molecule has 22 heavy (non-hydrogen) atoms. The molecule has 0 radical (unpaired) electrons. The van der Waals surface area contributed by atoms with E-state index in [1.54, 1.807) is 0 Å². The van der Waals surface area contributed by atoms with Crippen LogP contribution in [0.5, 0.6) is 0 Å². The fraction of sp³-hybridized carbons (Fsp3) is 0.611. The van der Waals surface area contributed by atoms with E-state index in [0.29, 0.717) is 0 Å². The number of nitrogens with zero attached hydrogens (tertiary/aromatic N) is 1. The molecule has 122 valence electrons. The summed E-state index contributed by atoms with van der Waals surface area (Å²) in [6.45, 7) is 7.33. The molecule has 0 bridgehead atoms. The van der Waals surface area contributed by atoms with Crippen LogP contribution in [-0.4, -0.2) is 29.9 Å². The molecule has 0 heterocycles. The highest BCUT2D eigenvalue weighted by Crippen LogP contribution is 2.24. The van der Waals surface area contributed by atoms with Crippen LogP contribution in [0.4, 0.5) is 5.69 Å². The third-order valence-electron chi connectivity index (χ3n) is 4.58. The van der Waals surface area contributed by atoms with Crippen molar-refractivity contribution in [1.29, 1.82) is 0 Å². The van der Waals surface area contributed by atoms with Crippen molar-refractivity contribution in [2.75, 3.05) is 18.4 Å². The molecule has 0 aliphatic heterocycles. The Balaban J connectivity index is 1.96. The lowest BCUT2D eigenvalue weighted by atomic mass is 9.85. The van der Waals surface area contributed by atoms with Gasteiger partial charge < -0.3 is 11.1 Å². The van der Waals surface area contributed by atoms with Crippen molar-refractivity contribution in [3.8, 4) is 0 Å². The first-order valence-electron chi connectivity index (χ1n) is 8.50. The van der Waals surface area contributed by atoms with Crippen LogP contribution < -0.4 is 11.1 Å². The molecular weight excluding hydrogens is 274 g/mol. The minimum absolute atomic E-state index is 0.0650. The molecule has 1 amide bonds. The molecule has 1 fully saturated rings. The molecule has 3 N–H and O–H groups in total. The molecular formula is C18H29N3O. The summed E-state index contributed by atoms with van der Waals surface area (Å²) in [4.78, 5) is 14.7. The Morgan fingerprint density at radius 2 is 2.09 bits per heavy atom. The number of carbonyl (C=O) groups is 1. The second-order valence-electron chi connectivity index (χ2n) is 6.27. The number of nitrogens with two attached hydrogens (primary N) is 1. The average Bonchev–Trinajstić information content (AvgIpc) is 2.53. The number of amides is 1. The van der Waals surface area contributed by atoms with Crippen LogP contribution in [0.1, 0.15) is 45.1 Å². The maximum absolute atomic E-state index is 12.4. The maximum atomic E-state index is 12.4. The van der Waals surface area contributed by atoms with Crippen LogP contribution in [0.15, 0.2) is 24.3 Å². The van der Waals surface area contributed by atoms with E-state index in [1.165, 1.54) is 5.56 Å². The fourth-order valence-electron chi connectivity index (χ4n) is 3.16. The molecule has 1 saturated carbocycles. The van der Waals surface area contributed by atoms with Crippen LogP contribution in [0, 0.1) is 5.92 Å². The SMILES string of the molecule is CCN(CC)Cc1cccc(NC(=O)C2CCCC(N)C2)c1. The normalized spacial score (nSPS) is 21.8. The van der Waals surface area contributed by atoms with Crippen molar-refractivity contribution in [2.24, 2.45) is 11.7 Å². The maximum Gasteiger partial charge on any atom is 0.227 e. The molecule has 1 aromatic rings. The molecule has 1 aliphatic carbocycles. The first kappa shape index (κ1) is 17.0. The summed E-state index contributed by atoms with van der Waals surface area (Å²) >= 11 is 0. The Kier molecular flexibility index (Phi) is 6.40. The average molecular weight is 303 g/mol. The highest BCUT2D eigenvalue weighted by molar-refractivity contribution is 5.92. The summed E-state index contributed by atoms with van der Waals surface area (Å²) < 4.78 is 0. The van der Waals surface area contributed by atoms with Crippen molar-refractivity contribution >= 4 is 11.6 Å². The number of nitrogens with one attached hydrogen (secondary N) is 1. The van der Waals surface area contributed by atoms with Gasteiger partial charge in [0.2, 0.25) is 5.91 Å². The van der Waals surface area contributed by atoms with E-state index < -0.39 is 0 Å². The molecule has 1 aliphatic rings. The lowest BCUT2D eigenvalue weighted by Gasteiger charge is -2.25. The highest BCUT2D eigenvalue weighted by Gasteiger charge is 2.25. The van der Waals surface area contributed by atoms with E-state index in [2.05, 4.69) is 36.2 Å². The minimum atomic E-state index is 0.0650. The van der Waals surface area contributed by atoms with Gasteiger partial charge in [-0.05, 0) is 50.0 Å². The topological polar surface area (TPSA) is 58.4 Å². The van der Waals surface area contributed by atoms with Crippen LogP contribution in [0.2, 0.25) is 0 Å². The van der Waals surface area contributed by atoms with Gasteiger partial charge in [0, 0.05) is 24.2 Å². The number of anilines is 1. The number of hydrogen-bond acceptors (Lipinski definition) is 3. The quantitative estimate of drug-likeness (QED) is 0.849. The fourth-order valence-corrected chi connectivity index (χ4v) is 3.16. The van der Waals surface area contributed by atoms with E-state index in [1.807, 2.05) is 12.1 Å². The second kappa shape index (κ2) is 8.30. The Labute approximate surface area is 134 Å².